The monoisotopic (exact) mass is 679 g/mol. The zero-order valence-corrected chi connectivity index (χ0v) is 29.9. The highest BCUT2D eigenvalue weighted by atomic mass is 16.6. The number of anilines is 4. The summed E-state index contributed by atoms with van der Waals surface area (Å²) in [7, 11) is 3.35. The number of amides is 3. The van der Waals surface area contributed by atoms with Crippen LogP contribution in [0.4, 0.5) is 27.9 Å². The molecule has 49 heavy (non-hydrogen) atoms. The van der Waals surface area contributed by atoms with Crippen LogP contribution in [0.25, 0.3) is 0 Å². The molecule has 13 nitrogen and oxygen atoms in total. The first-order valence-electron chi connectivity index (χ1n) is 17.7. The molecule has 1 saturated carbocycles. The third kappa shape index (κ3) is 8.92. The topological polar surface area (TPSA) is 138 Å². The molecule has 0 bridgehead atoms. The number of hydrogen-bond acceptors (Lipinski definition) is 10. The second-order valence-electron chi connectivity index (χ2n) is 14.1. The van der Waals surface area contributed by atoms with Crippen molar-refractivity contribution in [3.8, 4) is 5.75 Å². The van der Waals surface area contributed by atoms with Gasteiger partial charge in [-0.25, -0.2) is 9.78 Å². The van der Waals surface area contributed by atoms with Crippen LogP contribution in [0.5, 0.6) is 5.75 Å². The lowest BCUT2D eigenvalue weighted by Gasteiger charge is -2.43. The quantitative estimate of drug-likeness (QED) is 0.270. The van der Waals surface area contributed by atoms with Gasteiger partial charge in [-0.05, 0) is 83.9 Å². The maximum atomic E-state index is 13.2. The molecule has 5 rings (SSSR count). The summed E-state index contributed by atoms with van der Waals surface area (Å²) in [5, 5.41) is 6.26. The number of benzene rings is 1. The van der Waals surface area contributed by atoms with Gasteiger partial charge in [-0.1, -0.05) is 19.8 Å². The molecule has 3 heterocycles. The molecule has 3 aliphatic rings. The van der Waals surface area contributed by atoms with E-state index in [0.717, 1.165) is 57.2 Å². The number of likely N-dealkylation sites (N-methyl/N-ethyl adjacent to an activating group) is 1. The van der Waals surface area contributed by atoms with Crippen molar-refractivity contribution in [1.82, 2.24) is 20.2 Å². The zero-order chi connectivity index (χ0) is 35.1. The molecule has 1 saturated heterocycles. The van der Waals surface area contributed by atoms with E-state index in [1.807, 2.05) is 27.7 Å². The molecule has 2 fully saturated rings. The van der Waals surface area contributed by atoms with Gasteiger partial charge in [0.1, 0.15) is 23.1 Å². The SMILES string of the molecule is CC[C@@H]1C(=O)N(C)c2cnc(Nc3ccc(C(=O)NCCCCOC4CCN(C(=O)OC(C)(C)C)CC4)cc3OC)nc2N1C1CCCC1. The number of nitrogens with one attached hydrogen (secondary N) is 2. The predicted octanol–water partition coefficient (Wildman–Crippen LogP) is 5.66. The maximum absolute atomic E-state index is 13.2. The lowest BCUT2D eigenvalue weighted by molar-refractivity contribution is -0.120. The number of likely N-dealkylation sites (tertiary alicyclic amines) is 1. The number of hydrogen-bond donors (Lipinski definition) is 2. The van der Waals surface area contributed by atoms with Gasteiger partial charge in [0, 0.05) is 44.9 Å². The number of nitrogens with zero attached hydrogens (tertiary/aromatic N) is 5. The van der Waals surface area contributed by atoms with Gasteiger partial charge in [-0.3, -0.25) is 9.59 Å². The number of unbranched alkanes of at least 4 members (excludes halogenated alkanes) is 1. The number of methoxy groups -OCH3 is 1. The molecule has 1 aliphatic carbocycles. The van der Waals surface area contributed by atoms with Gasteiger partial charge in [0.25, 0.3) is 5.91 Å². The van der Waals surface area contributed by atoms with E-state index in [2.05, 4.69) is 20.5 Å². The highest BCUT2D eigenvalue weighted by Gasteiger charge is 2.41. The largest absolute Gasteiger partial charge is 0.495 e. The van der Waals surface area contributed by atoms with Crippen molar-refractivity contribution >= 4 is 41.0 Å². The molecule has 2 aromatic rings. The molecule has 13 heteroatoms. The summed E-state index contributed by atoms with van der Waals surface area (Å²) in [5.74, 6) is 1.54. The minimum absolute atomic E-state index is 0.0732. The fourth-order valence-corrected chi connectivity index (χ4v) is 6.81. The van der Waals surface area contributed by atoms with E-state index in [9.17, 15) is 14.4 Å². The summed E-state index contributed by atoms with van der Waals surface area (Å²) in [5.41, 5.74) is 1.33. The van der Waals surface area contributed by atoms with Crippen LogP contribution in [-0.4, -0.2) is 97.0 Å². The Hall–Kier alpha value is -4.13. The minimum Gasteiger partial charge on any atom is -0.495 e. The number of carbonyl (C=O) groups is 3. The van der Waals surface area contributed by atoms with Crippen molar-refractivity contribution in [2.24, 2.45) is 0 Å². The van der Waals surface area contributed by atoms with Gasteiger partial charge >= 0.3 is 6.09 Å². The summed E-state index contributed by atoms with van der Waals surface area (Å²) in [6, 6.07) is 5.26. The van der Waals surface area contributed by atoms with Crippen LogP contribution in [0, 0.1) is 0 Å². The molecule has 1 aromatic heterocycles. The van der Waals surface area contributed by atoms with E-state index in [4.69, 9.17) is 19.2 Å². The second-order valence-corrected chi connectivity index (χ2v) is 14.1. The van der Waals surface area contributed by atoms with Crippen LogP contribution >= 0.6 is 0 Å². The van der Waals surface area contributed by atoms with Crippen molar-refractivity contribution in [2.45, 2.75) is 109 Å². The molecule has 268 valence electrons. The number of fused-ring (bicyclic) bond motifs is 1. The van der Waals surface area contributed by atoms with Gasteiger partial charge in [-0.15, -0.1) is 0 Å². The number of piperidine rings is 1. The summed E-state index contributed by atoms with van der Waals surface area (Å²) < 4.78 is 17.1. The van der Waals surface area contributed by atoms with Gasteiger partial charge < -0.3 is 39.5 Å². The van der Waals surface area contributed by atoms with Gasteiger partial charge in [0.2, 0.25) is 11.9 Å². The van der Waals surface area contributed by atoms with Crippen LogP contribution < -0.4 is 25.2 Å². The van der Waals surface area contributed by atoms with Crippen molar-refractivity contribution in [3.05, 3.63) is 30.0 Å². The Morgan fingerprint density at radius 2 is 1.80 bits per heavy atom. The maximum Gasteiger partial charge on any atom is 0.410 e. The Balaban J connectivity index is 1.10. The molecule has 2 aliphatic heterocycles. The Labute approximate surface area is 290 Å². The number of aromatic nitrogens is 2. The molecule has 0 unspecified atom stereocenters. The van der Waals surface area contributed by atoms with E-state index in [1.54, 1.807) is 48.4 Å². The summed E-state index contributed by atoms with van der Waals surface area (Å²) in [6.45, 7) is 10.1. The molecule has 0 radical (unpaired) electrons. The van der Waals surface area contributed by atoms with E-state index in [0.29, 0.717) is 61.3 Å². The van der Waals surface area contributed by atoms with Crippen molar-refractivity contribution in [3.63, 3.8) is 0 Å². The Kier molecular flexibility index (Phi) is 11.8. The minimum atomic E-state index is -0.497. The van der Waals surface area contributed by atoms with Gasteiger partial charge in [0.15, 0.2) is 5.82 Å². The molecule has 3 amide bonds. The highest BCUT2D eigenvalue weighted by Crippen LogP contribution is 2.40. The Morgan fingerprint density at radius 1 is 1.06 bits per heavy atom. The zero-order valence-electron chi connectivity index (χ0n) is 29.9. The molecule has 2 N–H and O–H groups in total. The van der Waals surface area contributed by atoms with E-state index in [1.165, 1.54) is 0 Å². The number of carbonyl (C=O) groups excluding carboxylic acids is 3. The van der Waals surface area contributed by atoms with Crippen molar-refractivity contribution in [2.75, 3.05) is 55.5 Å². The van der Waals surface area contributed by atoms with Crippen LogP contribution in [0.2, 0.25) is 0 Å². The van der Waals surface area contributed by atoms with Gasteiger partial charge in [-0.2, -0.15) is 4.98 Å². The Bertz CT molecular complexity index is 1470. The molecule has 0 spiro atoms. The summed E-state index contributed by atoms with van der Waals surface area (Å²) >= 11 is 0. The first-order valence-corrected chi connectivity index (χ1v) is 17.7. The number of ether oxygens (including phenoxy) is 3. The van der Waals surface area contributed by atoms with E-state index >= 15 is 0 Å². The standard InChI is InChI=1S/C36H53N7O6/c1-7-28-33(45)41(5)29-23-38-34(40-31(29)43(28)25-12-8-9-13-25)39-27-15-14-24(22-30(27)47-6)32(44)37-18-10-11-21-48-26-16-19-42(20-17-26)35(46)49-36(2,3)4/h14-15,22-23,25-26,28H,7-13,16-21H2,1-6H3,(H,37,44)(H,38,39,40)/t28-/m1/s1. The lowest BCUT2D eigenvalue weighted by Crippen LogP contribution is -2.55. The van der Waals surface area contributed by atoms with Crippen LogP contribution in [0.15, 0.2) is 24.4 Å². The summed E-state index contributed by atoms with van der Waals surface area (Å²) in [4.78, 5) is 53.5. The fourth-order valence-electron chi connectivity index (χ4n) is 6.81. The highest BCUT2D eigenvalue weighted by molar-refractivity contribution is 6.04. The molecular weight excluding hydrogens is 626 g/mol. The first-order chi connectivity index (χ1) is 23.5. The normalized spacial score (nSPS) is 18.8. The average Bonchev–Trinajstić information content (AvgIpc) is 3.62. The van der Waals surface area contributed by atoms with Crippen molar-refractivity contribution in [1.29, 1.82) is 0 Å². The van der Waals surface area contributed by atoms with Crippen LogP contribution in [0.1, 0.15) is 95.8 Å². The van der Waals surface area contributed by atoms with Crippen LogP contribution in [0.3, 0.4) is 0 Å². The fraction of sp³-hybridized carbons (Fsp3) is 0.639. The van der Waals surface area contributed by atoms with Crippen LogP contribution in [-0.2, 0) is 14.3 Å². The van der Waals surface area contributed by atoms with Crippen molar-refractivity contribution < 1.29 is 28.6 Å². The number of rotatable bonds is 12. The third-order valence-electron chi connectivity index (χ3n) is 9.43. The first kappa shape index (κ1) is 36.2. The third-order valence-corrected chi connectivity index (χ3v) is 9.43. The predicted molar refractivity (Wildman–Crippen MR) is 189 cm³/mol. The van der Waals surface area contributed by atoms with E-state index in [-0.39, 0.29) is 36.1 Å². The lowest BCUT2D eigenvalue weighted by atomic mass is 10.0. The molecule has 1 atom stereocenters. The van der Waals surface area contributed by atoms with E-state index < -0.39 is 5.60 Å². The molecular formula is C36H53N7O6. The van der Waals surface area contributed by atoms with Gasteiger partial charge in [0.05, 0.1) is 25.1 Å². The Morgan fingerprint density at radius 3 is 2.47 bits per heavy atom. The molecule has 1 aromatic carbocycles. The second kappa shape index (κ2) is 16.1. The average molecular weight is 680 g/mol. The smallest absolute Gasteiger partial charge is 0.410 e. The summed E-state index contributed by atoms with van der Waals surface area (Å²) in [6.07, 6.45) is 9.84.